The molecule has 16 heavy (non-hydrogen) atoms. The largest absolute Gasteiger partial charge is 0.394 e. The van der Waals surface area contributed by atoms with Gasteiger partial charge in [0.05, 0.1) is 12.7 Å². The molecule has 0 saturated carbocycles. The highest BCUT2D eigenvalue weighted by molar-refractivity contribution is 5.88. The highest BCUT2D eigenvalue weighted by atomic mass is 16.5. The molecule has 1 aliphatic heterocycles. The average Bonchev–Trinajstić information content (AvgIpc) is 2.83. The van der Waals surface area contributed by atoms with Crippen LogP contribution >= 0.6 is 0 Å². The highest BCUT2D eigenvalue weighted by Crippen LogP contribution is 2.30. The first kappa shape index (κ1) is 11.0. The fourth-order valence-electron chi connectivity index (χ4n) is 1.60. The molecule has 1 fully saturated rings. The van der Waals surface area contributed by atoms with Crippen molar-refractivity contribution in [3.8, 4) is 0 Å². The number of primary amides is 1. The Hall–Kier alpha value is -1.51. The SMILES string of the molecule is NC(=O)c1n[nH]c([C@@H]2C[C@@H](O)[C@@H](CO)O2)n1. The van der Waals surface area contributed by atoms with Crippen LogP contribution in [0.1, 0.15) is 29.0 Å². The molecule has 8 heteroatoms. The molecule has 0 spiro atoms. The van der Waals surface area contributed by atoms with Gasteiger partial charge in [0.15, 0.2) is 5.82 Å². The van der Waals surface area contributed by atoms with Crippen molar-refractivity contribution in [2.24, 2.45) is 5.73 Å². The van der Waals surface area contributed by atoms with E-state index in [0.29, 0.717) is 12.2 Å². The summed E-state index contributed by atoms with van der Waals surface area (Å²) in [6.45, 7) is -0.269. The van der Waals surface area contributed by atoms with E-state index in [9.17, 15) is 9.90 Å². The van der Waals surface area contributed by atoms with Gasteiger partial charge in [-0.2, -0.15) is 0 Å². The summed E-state index contributed by atoms with van der Waals surface area (Å²) in [5, 5.41) is 24.5. The van der Waals surface area contributed by atoms with Crippen LogP contribution in [-0.4, -0.2) is 50.1 Å². The molecule has 0 aromatic carbocycles. The molecule has 0 unspecified atom stereocenters. The van der Waals surface area contributed by atoms with Gasteiger partial charge in [0.1, 0.15) is 12.2 Å². The van der Waals surface area contributed by atoms with E-state index in [1.807, 2.05) is 0 Å². The van der Waals surface area contributed by atoms with E-state index in [4.69, 9.17) is 15.6 Å². The monoisotopic (exact) mass is 228 g/mol. The molecule has 3 atom stereocenters. The van der Waals surface area contributed by atoms with Gasteiger partial charge in [-0.25, -0.2) is 4.98 Å². The van der Waals surface area contributed by atoms with Crippen molar-refractivity contribution in [2.75, 3.05) is 6.61 Å². The predicted molar refractivity (Wildman–Crippen MR) is 50.2 cm³/mol. The van der Waals surface area contributed by atoms with Crippen LogP contribution in [0.3, 0.4) is 0 Å². The molecule has 1 aliphatic rings. The third kappa shape index (κ3) is 1.90. The molecule has 1 saturated heterocycles. The van der Waals surface area contributed by atoms with Gasteiger partial charge in [-0.05, 0) is 0 Å². The van der Waals surface area contributed by atoms with E-state index in [1.54, 1.807) is 0 Å². The van der Waals surface area contributed by atoms with Crippen LogP contribution in [-0.2, 0) is 4.74 Å². The lowest BCUT2D eigenvalue weighted by Crippen LogP contribution is -2.24. The van der Waals surface area contributed by atoms with E-state index >= 15 is 0 Å². The van der Waals surface area contributed by atoms with Crippen LogP contribution in [0, 0.1) is 0 Å². The van der Waals surface area contributed by atoms with Crippen molar-refractivity contribution < 1.29 is 19.7 Å². The molecule has 2 heterocycles. The topological polar surface area (TPSA) is 134 Å². The minimum absolute atomic E-state index is 0.125. The fraction of sp³-hybridized carbons (Fsp3) is 0.625. The Morgan fingerprint density at radius 1 is 1.69 bits per heavy atom. The number of rotatable bonds is 3. The maximum Gasteiger partial charge on any atom is 0.288 e. The zero-order valence-corrected chi connectivity index (χ0v) is 8.33. The molecular formula is C8H12N4O4. The number of carbonyl (C=O) groups is 1. The number of H-pyrrole nitrogens is 1. The summed E-state index contributed by atoms with van der Waals surface area (Å²) in [5.41, 5.74) is 4.99. The van der Waals surface area contributed by atoms with Crippen molar-refractivity contribution in [1.29, 1.82) is 0 Å². The Kier molecular flexibility index (Phi) is 2.86. The van der Waals surface area contributed by atoms with Crippen molar-refractivity contribution in [3.05, 3.63) is 11.6 Å². The number of aromatic amines is 1. The second-order valence-corrected chi connectivity index (χ2v) is 3.56. The van der Waals surface area contributed by atoms with Crippen molar-refractivity contribution in [2.45, 2.75) is 24.7 Å². The number of hydrogen-bond acceptors (Lipinski definition) is 6. The molecular weight excluding hydrogens is 216 g/mol. The van der Waals surface area contributed by atoms with Crippen molar-refractivity contribution in [1.82, 2.24) is 15.2 Å². The third-order valence-corrected chi connectivity index (χ3v) is 2.43. The number of aromatic nitrogens is 3. The number of nitrogens with one attached hydrogen (secondary N) is 1. The summed E-state index contributed by atoms with van der Waals surface area (Å²) >= 11 is 0. The minimum atomic E-state index is -0.753. The molecule has 8 nitrogen and oxygen atoms in total. The second kappa shape index (κ2) is 4.16. The van der Waals surface area contributed by atoms with Gasteiger partial charge < -0.3 is 20.7 Å². The summed E-state index contributed by atoms with van der Waals surface area (Å²) in [6, 6.07) is 0. The Morgan fingerprint density at radius 2 is 2.44 bits per heavy atom. The number of carbonyl (C=O) groups excluding carboxylic acids is 1. The average molecular weight is 228 g/mol. The van der Waals surface area contributed by atoms with Gasteiger partial charge in [0.2, 0.25) is 5.82 Å². The first-order chi connectivity index (χ1) is 7.61. The summed E-state index contributed by atoms with van der Waals surface area (Å²) in [7, 11) is 0. The maximum absolute atomic E-state index is 10.8. The molecule has 88 valence electrons. The number of nitrogens with two attached hydrogens (primary N) is 1. The van der Waals surface area contributed by atoms with Crippen LogP contribution in [0.15, 0.2) is 0 Å². The fourth-order valence-corrected chi connectivity index (χ4v) is 1.60. The van der Waals surface area contributed by atoms with Crippen LogP contribution in [0.2, 0.25) is 0 Å². The lowest BCUT2D eigenvalue weighted by molar-refractivity contribution is -0.0246. The van der Waals surface area contributed by atoms with Gasteiger partial charge in [-0.15, -0.1) is 5.10 Å². The maximum atomic E-state index is 10.8. The third-order valence-electron chi connectivity index (χ3n) is 2.43. The van der Waals surface area contributed by atoms with E-state index in [-0.39, 0.29) is 12.4 Å². The Labute approximate surface area is 90.4 Å². The number of aliphatic hydroxyl groups excluding tert-OH is 2. The molecule has 5 N–H and O–H groups in total. The van der Waals surface area contributed by atoms with E-state index < -0.39 is 24.2 Å². The van der Waals surface area contributed by atoms with Crippen LogP contribution in [0.4, 0.5) is 0 Å². The molecule has 0 radical (unpaired) electrons. The Morgan fingerprint density at radius 3 is 2.94 bits per heavy atom. The van der Waals surface area contributed by atoms with Crippen molar-refractivity contribution >= 4 is 5.91 Å². The molecule has 1 aromatic rings. The van der Waals surface area contributed by atoms with Gasteiger partial charge >= 0.3 is 0 Å². The molecule has 0 bridgehead atoms. The van der Waals surface area contributed by atoms with Gasteiger partial charge in [-0.3, -0.25) is 9.89 Å². The summed E-state index contributed by atoms with van der Waals surface area (Å²) < 4.78 is 5.32. The first-order valence-electron chi connectivity index (χ1n) is 4.78. The lowest BCUT2D eigenvalue weighted by Gasteiger charge is -2.09. The quantitative estimate of drug-likeness (QED) is 0.476. The van der Waals surface area contributed by atoms with Crippen LogP contribution in [0.25, 0.3) is 0 Å². The normalized spacial score (nSPS) is 29.5. The number of aliphatic hydroxyl groups is 2. The van der Waals surface area contributed by atoms with E-state index in [2.05, 4.69) is 15.2 Å². The summed E-state index contributed by atoms with van der Waals surface area (Å²) in [4.78, 5) is 14.6. The lowest BCUT2D eigenvalue weighted by atomic mass is 10.1. The van der Waals surface area contributed by atoms with Crippen molar-refractivity contribution in [3.63, 3.8) is 0 Å². The number of hydrogen-bond donors (Lipinski definition) is 4. The standard InChI is InChI=1S/C8H12N4O4/c9-6(15)8-10-7(11-12-8)4-1-3(14)5(2-13)16-4/h3-5,13-14H,1-2H2,(H2,9,15)(H,10,11,12)/t3-,4+,5-/m1/s1. The summed E-state index contributed by atoms with van der Waals surface area (Å²) in [6.07, 6.45) is -1.60. The zero-order chi connectivity index (χ0) is 11.7. The van der Waals surface area contributed by atoms with Gasteiger partial charge in [0, 0.05) is 6.42 Å². The Balaban J connectivity index is 2.11. The van der Waals surface area contributed by atoms with Gasteiger partial charge in [-0.1, -0.05) is 0 Å². The van der Waals surface area contributed by atoms with E-state index in [1.165, 1.54) is 0 Å². The second-order valence-electron chi connectivity index (χ2n) is 3.56. The molecule has 2 rings (SSSR count). The summed E-state index contributed by atoms with van der Waals surface area (Å²) in [5.74, 6) is -0.538. The molecule has 1 aromatic heterocycles. The highest BCUT2D eigenvalue weighted by Gasteiger charge is 2.36. The van der Waals surface area contributed by atoms with E-state index in [0.717, 1.165) is 0 Å². The number of ether oxygens (including phenoxy) is 1. The smallest absolute Gasteiger partial charge is 0.288 e. The van der Waals surface area contributed by atoms with Crippen LogP contribution in [0.5, 0.6) is 0 Å². The first-order valence-corrected chi connectivity index (χ1v) is 4.78. The number of nitrogens with zero attached hydrogens (tertiary/aromatic N) is 2. The Bertz CT molecular complexity index is 393. The minimum Gasteiger partial charge on any atom is -0.394 e. The molecule has 0 aliphatic carbocycles. The zero-order valence-electron chi connectivity index (χ0n) is 8.33. The van der Waals surface area contributed by atoms with Crippen LogP contribution < -0.4 is 5.73 Å². The predicted octanol–water partition coefficient (Wildman–Crippen LogP) is -1.91. The van der Waals surface area contributed by atoms with Gasteiger partial charge in [0.25, 0.3) is 5.91 Å². The molecule has 1 amide bonds. The number of amides is 1.